The number of hydrogen-bond donors (Lipinski definition) is 2. The number of thioether (sulfide) groups is 1. The molecule has 4 aromatic heterocycles. The first kappa shape index (κ1) is 20.5. The third-order valence-electron chi connectivity index (χ3n) is 5.15. The van der Waals surface area contributed by atoms with E-state index in [2.05, 4.69) is 15.2 Å². The van der Waals surface area contributed by atoms with Gasteiger partial charge in [0.15, 0.2) is 10.8 Å². The van der Waals surface area contributed by atoms with E-state index < -0.39 is 0 Å². The molecule has 0 aliphatic heterocycles. The minimum Gasteiger partial charge on any atom is -0.283 e. The lowest BCUT2D eigenvalue weighted by molar-refractivity contribution is 0.786. The van der Waals surface area contributed by atoms with E-state index in [9.17, 15) is 4.79 Å². The van der Waals surface area contributed by atoms with Crippen LogP contribution in [-0.2, 0) is 5.75 Å². The zero-order valence-corrected chi connectivity index (χ0v) is 18.8. The van der Waals surface area contributed by atoms with Gasteiger partial charge in [0.2, 0.25) is 0 Å². The highest BCUT2D eigenvalue weighted by atomic mass is 35.5. The van der Waals surface area contributed by atoms with Gasteiger partial charge in [0, 0.05) is 34.4 Å². The molecule has 160 valence electrons. The first-order valence-electron chi connectivity index (χ1n) is 9.81. The number of aryl methyl sites for hydroxylation is 2. The molecule has 0 radical (unpaired) electrons. The number of fused-ring (bicyclic) bond motifs is 2. The van der Waals surface area contributed by atoms with Crippen LogP contribution >= 0.6 is 23.4 Å². The molecule has 0 aliphatic rings. The summed E-state index contributed by atoms with van der Waals surface area (Å²) in [6.07, 6.45) is 1.69. The zero-order valence-electron chi connectivity index (χ0n) is 17.3. The summed E-state index contributed by atoms with van der Waals surface area (Å²) in [6, 6.07) is 12.6. The number of nitrogens with one attached hydrogen (secondary N) is 2. The smallest absolute Gasteiger partial charge is 0.258 e. The Morgan fingerprint density at radius 3 is 2.81 bits per heavy atom. The van der Waals surface area contributed by atoms with Crippen molar-refractivity contribution in [2.45, 2.75) is 24.8 Å². The molecule has 2 N–H and O–H groups in total. The molecular formula is C22H18ClN7OS. The predicted molar refractivity (Wildman–Crippen MR) is 125 cm³/mol. The monoisotopic (exact) mass is 463 g/mol. The second kappa shape index (κ2) is 7.92. The fraction of sp³-hybridized carbons (Fsp3) is 0.136. The summed E-state index contributed by atoms with van der Waals surface area (Å²) in [6.45, 7) is 3.79. The first-order chi connectivity index (χ1) is 15.4. The lowest BCUT2D eigenvalue weighted by atomic mass is 10.2. The van der Waals surface area contributed by atoms with Crippen molar-refractivity contribution in [3.63, 3.8) is 0 Å². The highest BCUT2D eigenvalue weighted by molar-refractivity contribution is 7.98. The van der Waals surface area contributed by atoms with Gasteiger partial charge >= 0.3 is 0 Å². The molecule has 5 rings (SSSR count). The highest BCUT2D eigenvalue weighted by Gasteiger charge is 2.16. The molecule has 5 aromatic rings. The van der Waals surface area contributed by atoms with Gasteiger partial charge in [0.1, 0.15) is 11.1 Å². The van der Waals surface area contributed by atoms with Crippen molar-refractivity contribution in [2.75, 3.05) is 0 Å². The topological polar surface area (TPSA) is 105 Å². The fourth-order valence-corrected chi connectivity index (χ4v) is 4.57. The Morgan fingerprint density at radius 1 is 1.16 bits per heavy atom. The van der Waals surface area contributed by atoms with Crippen LogP contribution in [0.4, 0.5) is 0 Å². The Balaban J connectivity index is 1.62. The van der Waals surface area contributed by atoms with Gasteiger partial charge in [-0.2, -0.15) is 5.10 Å². The third-order valence-corrected chi connectivity index (χ3v) is 6.55. The summed E-state index contributed by atoms with van der Waals surface area (Å²) >= 11 is 7.62. The summed E-state index contributed by atoms with van der Waals surface area (Å²) in [5.74, 6) is 0.411. The van der Waals surface area contributed by atoms with Gasteiger partial charge in [-0.05, 0) is 49.7 Å². The van der Waals surface area contributed by atoms with E-state index in [1.165, 1.54) is 22.2 Å². The van der Waals surface area contributed by atoms with E-state index in [-0.39, 0.29) is 11.0 Å². The lowest BCUT2D eigenvalue weighted by Gasteiger charge is -2.14. The van der Waals surface area contributed by atoms with Crippen LogP contribution in [0.1, 0.15) is 17.0 Å². The van der Waals surface area contributed by atoms with Gasteiger partial charge in [-0.15, -0.1) is 0 Å². The predicted octanol–water partition coefficient (Wildman–Crippen LogP) is 3.80. The van der Waals surface area contributed by atoms with Crippen LogP contribution < -0.4 is 11.0 Å². The van der Waals surface area contributed by atoms with Crippen LogP contribution in [0.15, 0.2) is 58.6 Å². The van der Waals surface area contributed by atoms with Crippen molar-refractivity contribution in [3.05, 3.63) is 86.5 Å². The molecule has 0 amide bonds. The zero-order chi connectivity index (χ0) is 22.4. The maximum absolute atomic E-state index is 12.4. The third kappa shape index (κ3) is 3.49. The molecule has 1 aromatic carbocycles. The van der Waals surface area contributed by atoms with Crippen molar-refractivity contribution >= 4 is 40.0 Å². The van der Waals surface area contributed by atoms with Crippen LogP contribution in [0.3, 0.4) is 0 Å². The van der Waals surface area contributed by atoms with Crippen molar-refractivity contribution in [2.24, 2.45) is 0 Å². The van der Waals surface area contributed by atoms with E-state index in [0.29, 0.717) is 38.3 Å². The quantitative estimate of drug-likeness (QED) is 0.311. The number of benzene rings is 1. The van der Waals surface area contributed by atoms with E-state index >= 15 is 0 Å². The number of aromatic nitrogens is 6. The number of pyridine rings is 1. The molecular weight excluding hydrogens is 446 g/mol. The summed E-state index contributed by atoms with van der Waals surface area (Å²) in [7, 11) is 0. The summed E-state index contributed by atoms with van der Waals surface area (Å²) in [5.41, 5.74) is 4.29. The van der Waals surface area contributed by atoms with Crippen molar-refractivity contribution in [1.29, 1.82) is 5.41 Å². The second-order valence-electron chi connectivity index (χ2n) is 7.36. The van der Waals surface area contributed by atoms with Crippen LogP contribution in [0.2, 0.25) is 5.02 Å². The molecule has 0 atom stereocenters. The molecule has 0 bridgehead atoms. The van der Waals surface area contributed by atoms with E-state index in [1.54, 1.807) is 22.9 Å². The van der Waals surface area contributed by atoms with E-state index in [1.807, 2.05) is 38.1 Å². The van der Waals surface area contributed by atoms with Crippen LogP contribution in [0.25, 0.3) is 22.4 Å². The van der Waals surface area contributed by atoms with Crippen LogP contribution in [0, 0.1) is 19.3 Å². The average molecular weight is 464 g/mol. The molecule has 10 heteroatoms. The number of hydrogen-bond acceptors (Lipinski definition) is 6. The molecule has 32 heavy (non-hydrogen) atoms. The second-order valence-corrected chi connectivity index (χ2v) is 8.71. The van der Waals surface area contributed by atoms with Gasteiger partial charge in [-0.3, -0.25) is 24.3 Å². The van der Waals surface area contributed by atoms with Gasteiger partial charge in [0.05, 0.1) is 11.1 Å². The van der Waals surface area contributed by atoms with Crippen molar-refractivity contribution in [1.82, 2.24) is 29.1 Å². The Labute approximate surface area is 191 Å². The molecule has 4 heterocycles. The van der Waals surface area contributed by atoms with E-state index in [0.717, 1.165) is 16.9 Å². The van der Waals surface area contributed by atoms with Crippen LogP contribution in [0.5, 0.6) is 0 Å². The Bertz CT molecular complexity index is 1620. The van der Waals surface area contributed by atoms with Gasteiger partial charge in [-0.25, -0.2) is 9.97 Å². The number of nitrogens with zero attached hydrogens (tertiary/aromatic N) is 5. The molecule has 0 saturated carbocycles. The lowest BCUT2D eigenvalue weighted by Crippen LogP contribution is -2.22. The summed E-state index contributed by atoms with van der Waals surface area (Å²) in [4.78, 5) is 21.7. The average Bonchev–Trinajstić information content (AvgIpc) is 3.15. The SMILES string of the molecule is Cc1cc(-n2c(SCc3cc(=O)n4ccccc4n3)nc3n[nH]c(C)c3c2=N)ccc1Cl. The largest absolute Gasteiger partial charge is 0.283 e. The number of H-pyrrole nitrogens is 1. The molecule has 0 saturated heterocycles. The maximum Gasteiger partial charge on any atom is 0.258 e. The van der Waals surface area contributed by atoms with Gasteiger partial charge in [0.25, 0.3) is 5.56 Å². The summed E-state index contributed by atoms with van der Waals surface area (Å²) in [5, 5.41) is 17.9. The van der Waals surface area contributed by atoms with E-state index in [4.69, 9.17) is 22.0 Å². The molecule has 8 nitrogen and oxygen atoms in total. The maximum atomic E-state index is 12.4. The normalized spacial score (nSPS) is 11.5. The fourth-order valence-electron chi connectivity index (χ4n) is 3.55. The minimum atomic E-state index is -0.139. The van der Waals surface area contributed by atoms with Gasteiger partial charge in [-0.1, -0.05) is 29.4 Å². The summed E-state index contributed by atoms with van der Waals surface area (Å²) < 4.78 is 3.27. The molecule has 0 aliphatic carbocycles. The Kier molecular flexibility index (Phi) is 5.07. The van der Waals surface area contributed by atoms with Gasteiger partial charge < -0.3 is 0 Å². The number of rotatable bonds is 4. The Hall–Kier alpha value is -3.43. The molecule has 0 fully saturated rings. The van der Waals surface area contributed by atoms with Crippen LogP contribution in [-0.4, -0.2) is 29.1 Å². The molecule has 0 spiro atoms. The van der Waals surface area contributed by atoms with Crippen molar-refractivity contribution < 1.29 is 0 Å². The highest BCUT2D eigenvalue weighted by Crippen LogP contribution is 2.26. The standard InChI is InChI=1S/C22H18ClN7OS/c1-12-9-15(6-7-16(12)23)30-20(24)19-13(2)27-28-21(19)26-22(30)32-11-14-10-18(31)29-8-4-3-5-17(29)25-14/h3-10,24H,11H2,1-2H3,(H,27,28). The first-order valence-corrected chi connectivity index (χ1v) is 11.2. The Morgan fingerprint density at radius 2 is 2.00 bits per heavy atom. The number of halogens is 1. The minimum absolute atomic E-state index is 0.139. The number of aromatic amines is 1. The molecule has 0 unspecified atom stereocenters. The van der Waals surface area contributed by atoms with Crippen molar-refractivity contribution in [3.8, 4) is 5.69 Å².